The van der Waals surface area contributed by atoms with E-state index in [1.165, 1.54) is 12.1 Å². The SMILES string of the molecule is O=C(c1ccc(O)cc1O)N1CCOCC2(C=C(c3ccccc3)NO2)C1. The lowest BCUT2D eigenvalue weighted by Crippen LogP contribution is -2.46. The van der Waals surface area contributed by atoms with Gasteiger partial charge in [0.05, 0.1) is 31.0 Å². The first kappa shape index (κ1) is 17.4. The first-order valence-electron chi connectivity index (χ1n) is 8.68. The number of aromatic hydroxyl groups is 2. The predicted octanol–water partition coefficient (Wildman–Crippen LogP) is 1.88. The summed E-state index contributed by atoms with van der Waals surface area (Å²) in [4.78, 5) is 20.3. The highest BCUT2D eigenvalue weighted by molar-refractivity contribution is 5.97. The zero-order chi connectivity index (χ0) is 18.9. The molecule has 0 aromatic heterocycles. The summed E-state index contributed by atoms with van der Waals surface area (Å²) in [6, 6.07) is 13.7. The predicted molar refractivity (Wildman–Crippen MR) is 97.9 cm³/mol. The number of carbonyl (C=O) groups excluding carboxylic acids is 1. The summed E-state index contributed by atoms with van der Waals surface area (Å²) in [6.45, 7) is 1.32. The van der Waals surface area contributed by atoms with Crippen LogP contribution in [0.25, 0.3) is 5.70 Å². The summed E-state index contributed by atoms with van der Waals surface area (Å²) in [6.07, 6.45) is 1.94. The zero-order valence-corrected chi connectivity index (χ0v) is 14.6. The molecule has 1 amide bonds. The van der Waals surface area contributed by atoms with Gasteiger partial charge >= 0.3 is 0 Å². The molecular formula is C20H20N2O5. The van der Waals surface area contributed by atoms with Crippen LogP contribution >= 0.6 is 0 Å². The van der Waals surface area contributed by atoms with Crippen LogP contribution < -0.4 is 5.48 Å². The molecule has 7 heteroatoms. The molecule has 2 aromatic rings. The van der Waals surface area contributed by atoms with Crippen LogP contribution in [0.5, 0.6) is 11.5 Å². The Hall–Kier alpha value is -3.03. The molecule has 1 fully saturated rings. The molecule has 27 heavy (non-hydrogen) atoms. The van der Waals surface area contributed by atoms with Crippen molar-refractivity contribution in [1.29, 1.82) is 0 Å². The molecule has 2 aliphatic rings. The number of amides is 1. The standard InChI is InChI=1S/C20H20N2O5/c23-15-6-7-16(18(24)10-15)19(25)22-8-9-26-13-20(12-22)11-17(21-27-20)14-4-2-1-3-5-14/h1-7,10-11,21,23-24H,8-9,12-13H2. The summed E-state index contributed by atoms with van der Waals surface area (Å²) in [5.74, 6) is -0.703. The maximum absolute atomic E-state index is 12.9. The summed E-state index contributed by atoms with van der Waals surface area (Å²) < 4.78 is 5.68. The summed E-state index contributed by atoms with van der Waals surface area (Å²) in [7, 11) is 0. The lowest BCUT2D eigenvalue weighted by Gasteiger charge is -2.28. The van der Waals surface area contributed by atoms with Crippen molar-refractivity contribution in [3.8, 4) is 11.5 Å². The minimum atomic E-state index is -0.816. The quantitative estimate of drug-likeness (QED) is 0.750. The second kappa shape index (κ2) is 6.94. The van der Waals surface area contributed by atoms with Gasteiger partial charge in [0.25, 0.3) is 5.91 Å². The number of hydrogen-bond acceptors (Lipinski definition) is 6. The van der Waals surface area contributed by atoms with E-state index in [2.05, 4.69) is 5.48 Å². The van der Waals surface area contributed by atoms with E-state index in [1.807, 2.05) is 36.4 Å². The highest BCUT2D eigenvalue weighted by Gasteiger charge is 2.41. The van der Waals surface area contributed by atoms with E-state index in [0.29, 0.717) is 19.8 Å². The van der Waals surface area contributed by atoms with E-state index >= 15 is 0 Å². The van der Waals surface area contributed by atoms with E-state index in [1.54, 1.807) is 4.90 Å². The number of hydrogen-bond donors (Lipinski definition) is 3. The molecule has 2 aliphatic heterocycles. The maximum atomic E-state index is 12.9. The summed E-state index contributed by atoms with van der Waals surface area (Å²) in [5, 5.41) is 19.5. The number of hydroxylamine groups is 1. The minimum Gasteiger partial charge on any atom is -0.508 e. The van der Waals surface area contributed by atoms with E-state index in [0.717, 1.165) is 17.3 Å². The Morgan fingerprint density at radius 1 is 1.15 bits per heavy atom. The van der Waals surface area contributed by atoms with E-state index < -0.39 is 5.60 Å². The summed E-state index contributed by atoms with van der Waals surface area (Å²) >= 11 is 0. The van der Waals surface area contributed by atoms with Crippen LogP contribution in [0.4, 0.5) is 0 Å². The van der Waals surface area contributed by atoms with Crippen LogP contribution in [-0.4, -0.2) is 52.9 Å². The average Bonchev–Trinajstić information content (AvgIpc) is 2.96. The molecule has 2 aromatic carbocycles. The zero-order valence-electron chi connectivity index (χ0n) is 14.6. The molecular weight excluding hydrogens is 348 g/mol. The highest BCUT2D eigenvalue weighted by Crippen LogP contribution is 2.30. The van der Waals surface area contributed by atoms with Crippen molar-refractivity contribution < 1.29 is 24.6 Å². The van der Waals surface area contributed by atoms with Gasteiger partial charge in [-0.1, -0.05) is 30.3 Å². The fraction of sp³-hybridized carbons (Fsp3) is 0.250. The minimum absolute atomic E-state index is 0.0986. The molecule has 1 spiro atoms. The van der Waals surface area contributed by atoms with Crippen molar-refractivity contribution in [2.45, 2.75) is 5.60 Å². The first-order valence-corrected chi connectivity index (χ1v) is 8.68. The van der Waals surface area contributed by atoms with Gasteiger partial charge < -0.3 is 19.8 Å². The first-order chi connectivity index (χ1) is 13.1. The van der Waals surface area contributed by atoms with E-state index in [4.69, 9.17) is 9.57 Å². The van der Waals surface area contributed by atoms with Gasteiger partial charge in [0.1, 0.15) is 11.5 Å². The van der Waals surface area contributed by atoms with Gasteiger partial charge in [0.15, 0.2) is 5.60 Å². The van der Waals surface area contributed by atoms with Crippen molar-refractivity contribution in [1.82, 2.24) is 10.4 Å². The molecule has 1 saturated heterocycles. The number of rotatable bonds is 2. The third-order valence-corrected chi connectivity index (χ3v) is 4.67. The lowest BCUT2D eigenvalue weighted by molar-refractivity contribution is -0.0764. The van der Waals surface area contributed by atoms with Gasteiger partial charge in [-0.05, 0) is 23.8 Å². The van der Waals surface area contributed by atoms with Crippen LogP contribution in [0.2, 0.25) is 0 Å². The molecule has 0 aliphatic carbocycles. The Morgan fingerprint density at radius 2 is 1.96 bits per heavy atom. The van der Waals surface area contributed by atoms with Crippen molar-refractivity contribution in [2.24, 2.45) is 0 Å². The fourth-order valence-electron chi connectivity index (χ4n) is 3.30. The van der Waals surface area contributed by atoms with Crippen LogP contribution in [0, 0.1) is 0 Å². The van der Waals surface area contributed by atoms with Crippen molar-refractivity contribution in [3.05, 3.63) is 65.7 Å². The molecule has 7 nitrogen and oxygen atoms in total. The van der Waals surface area contributed by atoms with Gasteiger partial charge in [-0.3, -0.25) is 15.1 Å². The number of nitrogens with one attached hydrogen (secondary N) is 1. The topological polar surface area (TPSA) is 91.3 Å². The number of nitrogens with zero attached hydrogens (tertiary/aromatic N) is 1. The monoisotopic (exact) mass is 368 g/mol. The lowest BCUT2D eigenvalue weighted by atomic mass is 10.0. The number of phenols is 2. The maximum Gasteiger partial charge on any atom is 0.257 e. The Balaban J connectivity index is 1.59. The Bertz CT molecular complexity index is 883. The second-order valence-corrected chi connectivity index (χ2v) is 6.67. The molecule has 2 heterocycles. The number of carbonyl (C=O) groups is 1. The molecule has 140 valence electrons. The molecule has 0 bridgehead atoms. The van der Waals surface area contributed by atoms with Gasteiger partial charge in [0.2, 0.25) is 0 Å². The number of ether oxygens (including phenoxy) is 1. The van der Waals surface area contributed by atoms with Gasteiger partial charge in [0, 0.05) is 12.6 Å². The van der Waals surface area contributed by atoms with Crippen LogP contribution in [-0.2, 0) is 9.57 Å². The Labute approximate surface area is 156 Å². The second-order valence-electron chi connectivity index (χ2n) is 6.67. The van der Waals surface area contributed by atoms with Gasteiger partial charge in [-0.2, -0.15) is 0 Å². The van der Waals surface area contributed by atoms with Crippen molar-refractivity contribution >= 4 is 11.6 Å². The van der Waals surface area contributed by atoms with E-state index in [-0.39, 0.29) is 29.5 Å². The average molecular weight is 368 g/mol. The normalized spacial score (nSPS) is 22.2. The molecule has 4 rings (SSSR count). The van der Waals surface area contributed by atoms with Crippen molar-refractivity contribution in [2.75, 3.05) is 26.3 Å². The summed E-state index contributed by atoms with van der Waals surface area (Å²) in [5.41, 5.74) is 4.05. The smallest absolute Gasteiger partial charge is 0.257 e. The Morgan fingerprint density at radius 3 is 2.74 bits per heavy atom. The van der Waals surface area contributed by atoms with Crippen LogP contribution in [0.3, 0.4) is 0 Å². The van der Waals surface area contributed by atoms with Crippen LogP contribution in [0.15, 0.2) is 54.6 Å². The third-order valence-electron chi connectivity index (χ3n) is 4.67. The highest BCUT2D eigenvalue weighted by atomic mass is 16.7. The molecule has 1 unspecified atom stereocenters. The molecule has 1 atom stereocenters. The molecule has 3 N–H and O–H groups in total. The third kappa shape index (κ3) is 3.47. The van der Waals surface area contributed by atoms with E-state index in [9.17, 15) is 15.0 Å². The largest absolute Gasteiger partial charge is 0.508 e. The number of benzene rings is 2. The van der Waals surface area contributed by atoms with Crippen LogP contribution in [0.1, 0.15) is 15.9 Å². The molecule has 0 radical (unpaired) electrons. The molecule has 0 saturated carbocycles. The van der Waals surface area contributed by atoms with Gasteiger partial charge in [-0.15, -0.1) is 0 Å². The number of phenolic OH excluding ortho intramolecular Hbond substituents is 2. The Kier molecular flexibility index (Phi) is 4.47. The van der Waals surface area contributed by atoms with Gasteiger partial charge in [-0.25, -0.2) is 0 Å². The fourth-order valence-corrected chi connectivity index (χ4v) is 3.30. The van der Waals surface area contributed by atoms with Crippen molar-refractivity contribution in [3.63, 3.8) is 0 Å².